The summed E-state index contributed by atoms with van der Waals surface area (Å²) in [6.07, 6.45) is 2.33. The Balaban J connectivity index is 2.02. The van der Waals surface area contributed by atoms with E-state index in [0.29, 0.717) is 18.1 Å². The Bertz CT molecular complexity index is 468. The van der Waals surface area contributed by atoms with Gasteiger partial charge in [0.05, 0.1) is 0 Å². The summed E-state index contributed by atoms with van der Waals surface area (Å²) in [5.74, 6) is 0.466. The Kier molecular flexibility index (Phi) is 3.28. The van der Waals surface area contributed by atoms with Gasteiger partial charge in [-0.25, -0.2) is 4.98 Å². The molecule has 3 nitrogen and oxygen atoms in total. The number of nitrogens with zero attached hydrogens (tertiary/aromatic N) is 1. The predicted molar refractivity (Wildman–Crippen MR) is 60.4 cm³/mol. The normalized spacial score (nSPS) is 9.75. The lowest BCUT2D eigenvalue weighted by atomic mass is 10.2. The van der Waals surface area contributed by atoms with E-state index in [2.05, 4.69) is 4.98 Å². The molecule has 0 saturated heterocycles. The van der Waals surface area contributed by atoms with Gasteiger partial charge in [-0.3, -0.25) is 4.79 Å². The molecule has 80 valence electrons. The summed E-state index contributed by atoms with van der Waals surface area (Å²) in [5, 5.41) is 0. The second-order valence-corrected chi connectivity index (χ2v) is 3.32. The highest BCUT2D eigenvalue weighted by atomic mass is 16.5. The van der Waals surface area contributed by atoms with Gasteiger partial charge >= 0.3 is 0 Å². The standard InChI is InChI=1S/C13H11NO2/c15-9-12-6-7-14-13(8-12)16-10-11-4-2-1-3-5-11/h1-9H,10H2. The first-order valence-corrected chi connectivity index (χ1v) is 4.96. The van der Waals surface area contributed by atoms with Crippen molar-refractivity contribution in [2.24, 2.45) is 0 Å². The summed E-state index contributed by atoms with van der Waals surface area (Å²) in [7, 11) is 0. The number of aromatic nitrogens is 1. The molecule has 0 atom stereocenters. The van der Waals surface area contributed by atoms with E-state index >= 15 is 0 Å². The summed E-state index contributed by atoms with van der Waals surface area (Å²) in [4.78, 5) is 14.6. The van der Waals surface area contributed by atoms with Gasteiger partial charge in [-0.2, -0.15) is 0 Å². The van der Waals surface area contributed by atoms with Crippen LogP contribution < -0.4 is 4.74 Å². The molecule has 1 aromatic carbocycles. The van der Waals surface area contributed by atoms with Crippen molar-refractivity contribution >= 4 is 6.29 Å². The quantitative estimate of drug-likeness (QED) is 0.732. The first kappa shape index (κ1) is 10.4. The molecule has 0 N–H and O–H groups in total. The van der Waals surface area contributed by atoms with Crippen LogP contribution in [0.3, 0.4) is 0 Å². The first-order chi connectivity index (χ1) is 7.88. The fourth-order valence-electron chi connectivity index (χ4n) is 1.31. The summed E-state index contributed by atoms with van der Waals surface area (Å²) in [6, 6.07) is 13.1. The number of rotatable bonds is 4. The Morgan fingerprint density at radius 2 is 2.00 bits per heavy atom. The monoisotopic (exact) mass is 213 g/mol. The molecule has 1 aromatic heterocycles. The highest BCUT2D eigenvalue weighted by Gasteiger charge is 1.98. The molecule has 0 radical (unpaired) electrons. The highest BCUT2D eigenvalue weighted by molar-refractivity contribution is 5.74. The number of hydrogen-bond donors (Lipinski definition) is 0. The Morgan fingerprint density at radius 3 is 2.75 bits per heavy atom. The van der Waals surface area contributed by atoms with Gasteiger partial charge in [-0.15, -0.1) is 0 Å². The summed E-state index contributed by atoms with van der Waals surface area (Å²) < 4.78 is 5.46. The molecule has 2 aromatic rings. The summed E-state index contributed by atoms with van der Waals surface area (Å²) in [6.45, 7) is 0.455. The van der Waals surface area contributed by atoms with Crippen molar-refractivity contribution in [3.05, 3.63) is 59.8 Å². The molecule has 0 aliphatic rings. The van der Waals surface area contributed by atoms with E-state index in [-0.39, 0.29) is 0 Å². The Labute approximate surface area is 93.7 Å². The first-order valence-electron chi connectivity index (χ1n) is 4.96. The number of carbonyl (C=O) groups is 1. The van der Waals surface area contributed by atoms with E-state index in [1.165, 1.54) is 0 Å². The van der Waals surface area contributed by atoms with Crippen LogP contribution in [-0.2, 0) is 6.61 Å². The minimum Gasteiger partial charge on any atom is -0.473 e. The summed E-state index contributed by atoms with van der Waals surface area (Å²) >= 11 is 0. The number of ether oxygens (including phenoxy) is 1. The number of benzene rings is 1. The van der Waals surface area contributed by atoms with Crippen molar-refractivity contribution in [3.63, 3.8) is 0 Å². The van der Waals surface area contributed by atoms with Crippen LogP contribution in [0.15, 0.2) is 48.7 Å². The van der Waals surface area contributed by atoms with Gasteiger partial charge in [-0.1, -0.05) is 30.3 Å². The van der Waals surface area contributed by atoms with Crippen LogP contribution in [0.1, 0.15) is 15.9 Å². The molecular formula is C13H11NO2. The third-order valence-corrected chi connectivity index (χ3v) is 2.12. The number of carbonyl (C=O) groups excluding carboxylic acids is 1. The smallest absolute Gasteiger partial charge is 0.214 e. The minimum absolute atomic E-state index is 0.455. The second kappa shape index (κ2) is 5.07. The lowest BCUT2D eigenvalue weighted by Crippen LogP contribution is -1.97. The van der Waals surface area contributed by atoms with Gasteiger partial charge in [0.1, 0.15) is 12.9 Å². The zero-order valence-corrected chi connectivity index (χ0v) is 8.67. The SMILES string of the molecule is O=Cc1ccnc(OCc2ccccc2)c1. The average molecular weight is 213 g/mol. The van der Waals surface area contributed by atoms with E-state index < -0.39 is 0 Å². The summed E-state index contributed by atoms with van der Waals surface area (Å²) in [5.41, 5.74) is 1.64. The molecule has 0 aliphatic carbocycles. The lowest BCUT2D eigenvalue weighted by Gasteiger charge is -2.04. The maximum atomic E-state index is 10.5. The van der Waals surface area contributed by atoms with Crippen LogP contribution in [0.25, 0.3) is 0 Å². The van der Waals surface area contributed by atoms with Crippen molar-refractivity contribution < 1.29 is 9.53 Å². The molecule has 0 bridgehead atoms. The van der Waals surface area contributed by atoms with Crippen molar-refractivity contribution in [3.8, 4) is 5.88 Å². The van der Waals surface area contributed by atoms with Crippen molar-refractivity contribution in [2.75, 3.05) is 0 Å². The third kappa shape index (κ3) is 2.67. The molecule has 0 spiro atoms. The van der Waals surface area contributed by atoms with Crippen LogP contribution in [0.4, 0.5) is 0 Å². The van der Waals surface area contributed by atoms with Crippen LogP contribution in [-0.4, -0.2) is 11.3 Å². The molecule has 0 unspecified atom stereocenters. The van der Waals surface area contributed by atoms with Gasteiger partial charge < -0.3 is 4.74 Å². The van der Waals surface area contributed by atoms with Crippen molar-refractivity contribution in [1.82, 2.24) is 4.98 Å². The largest absolute Gasteiger partial charge is 0.473 e. The number of aldehydes is 1. The van der Waals surface area contributed by atoms with Gasteiger partial charge in [0.15, 0.2) is 0 Å². The molecule has 2 rings (SSSR count). The van der Waals surface area contributed by atoms with Crippen molar-refractivity contribution in [2.45, 2.75) is 6.61 Å². The zero-order valence-electron chi connectivity index (χ0n) is 8.67. The number of pyridine rings is 1. The molecule has 3 heteroatoms. The molecule has 0 fully saturated rings. The minimum atomic E-state index is 0.455. The second-order valence-electron chi connectivity index (χ2n) is 3.32. The molecule has 16 heavy (non-hydrogen) atoms. The Hall–Kier alpha value is -2.16. The van der Waals surface area contributed by atoms with E-state index in [9.17, 15) is 4.79 Å². The van der Waals surface area contributed by atoms with Crippen LogP contribution >= 0.6 is 0 Å². The molecule has 0 saturated carbocycles. The maximum Gasteiger partial charge on any atom is 0.214 e. The van der Waals surface area contributed by atoms with Crippen LogP contribution in [0, 0.1) is 0 Å². The molecule has 0 amide bonds. The highest BCUT2D eigenvalue weighted by Crippen LogP contribution is 2.10. The fraction of sp³-hybridized carbons (Fsp3) is 0.0769. The number of hydrogen-bond acceptors (Lipinski definition) is 3. The van der Waals surface area contributed by atoms with Crippen molar-refractivity contribution in [1.29, 1.82) is 0 Å². The molecular weight excluding hydrogens is 202 g/mol. The van der Waals surface area contributed by atoms with E-state index in [0.717, 1.165) is 11.8 Å². The lowest BCUT2D eigenvalue weighted by molar-refractivity contribution is 0.112. The topological polar surface area (TPSA) is 39.2 Å². The van der Waals surface area contributed by atoms with Gasteiger partial charge in [0.2, 0.25) is 5.88 Å². The van der Waals surface area contributed by atoms with Gasteiger partial charge in [-0.05, 0) is 11.6 Å². The Morgan fingerprint density at radius 1 is 1.19 bits per heavy atom. The van der Waals surface area contributed by atoms with E-state index in [4.69, 9.17) is 4.74 Å². The molecule has 0 aliphatic heterocycles. The third-order valence-electron chi connectivity index (χ3n) is 2.12. The van der Waals surface area contributed by atoms with Crippen LogP contribution in [0.5, 0.6) is 5.88 Å². The fourth-order valence-corrected chi connectivity index (χ4v) is 1.31. The van der Waals surface area contributed by atoms with E-state index in [1.807, 2.05) is 30.3 Å². The van der Waals surface area contributed by atoms with Gasteiger partial charge in [0.25, 0.3) is 0 Å². The van der Waals surface area contributed by atoms with E-state index in [1.54, 1.807) is 18.3 Å². The van der Waals surface area contributed by atoms with Gasteiger partial charge in [0, 0.05) is 17.8 Å². The molecule has 1 heterocycles. The predicted octanol–water partition coefficient (Wildman–Crippen LogP) is 2.47. The maximum absolute atomic E-state index is 10.5. The zero-order chi connectivity index (χ0) is 11.2. The van der Waals surface area contributed by atoms with Crippen LogP contribution in [0.2, 0.25) is 0 Å². The average Bonchev–Trinajstić information content (AvgIpc) is 2.38.